The van der Waals surface area contributed by atoms with Gasteiger partial charge in [0.15, 0.2) is 5.11 Å². The highest BCUT2D eigenvalue weighted by atomic mass is 79.9. The summed E-state index contributed by atoms with van der Waals surface area (Å²) in [6.07, 6.45) is 1.85. The number of methoxy groups -OCH3 is 1. The minimum absolute atomic E-state index is 0.0615. The minimum Gasteiger partial charge on any atom is -0.497 e. The number of nitrogens with one attached hydrogen (secondary N) is 3. The van der Waals surface area contributed by atoms with Crippen LogP contribution in [-0.2, 0) is 10.0 Å². The zero-order valence-electron chi connectivity index (χ0n) is 19.7. The van der Waals surface area contributed by atoms with E-state index in [1.165, 1.54) is 19.2 Å². The molecule has 0 radical (unpaired) electrons. The standard InChI is InChI=1S/C25H26BrN3O5S2/c1-3-4-15-34-23-14-5-17(26)16-22(23)24(30)28-25(35)27-18-8-12-21(13-9-18)36(31,32)29-19-6-10-20(33-2)11-7-19/h5-14,16,29H,3-4,15H2,1-2H3,(H2,27,28,30,35). The molecule has 0 aliphatic rings. The first-order valence-electron chi connectivity index (χ1n) is 11.0. The molecule has 0 saturated heterocycles. The number of unbranched alkanes of at least 4 members (excludes halogenated alkanes) is 1. The number of carbonyl (C=O) groups excluding carboxylic acids is 1. The third-order valence-electron chi connectivity index (χ3n) is 4.93. The molecule has 0 aliphatic heterocycles. The molecule has 0 aromatic heterocycles. The largest absolute Gasteiger partial charge is 0.497 e. The lowest BCUT2D eigenvalue weighted by molar-refractivity contribution is 0.0973. The molecule has 11 heteroatoms. The lowest BCUT2D eigenvalue weighted by Crippen LogP contribution is -2.34. The van der Waals surface area contributed by atoms with Gasteiger partial charge in [-0.15, -0.1) is 0 Å². The van der Waals surface area contributed by atoms with Crippen LogP contribution in [0.3, 0.4) is 0 Å². The van der Waals surface area contributed by atoms with Crippen molar-refractivity contribution < 1.29 is 22.7 Å². The second-order valence-corrected chi connectivity index (χ2v) is 10.6. The highest BCUT2D eigenvalue weighted by Gasteiger charge is 2.16. The van der Waals surface area contributed by atoms with Crippen LogP contribution in [0.2, 0.25) is 0 Å². The summed E-state index contributed by atoms with van der Waals surface area (Å²) in [5.74, 6) is 0.658. The van der Waals surface area contributed by atoms with E-state index < -0.39 is 15.9 Å². The number of rotatable bonds is 10. The van der Waals surface area contributed by atoms with Crippen LogP contribution in [-0.4, -0.2) is 33.2 Å². The second kappa shape index (κ2) is 12.7. The molecule has 36 heavy (non-hydrogen) atoms. The summed E-state index contributed by atoms with van der Waals surface area (Å²) in [5, 5.41) is 5.58. The number of anilines is 2. The third kappa shape index (κ3) is 7.67. The van der Waals surface area contributed by atoms with E-state index in [9.17, 15) is 13.2 Å². The first-order valence-corrected chi connectivity index (χ1v) is 13.7. The van der Waals surface area contributed by atoms with Gasteiger partial charge in [0.25, 0.3) is 15.9 Å². The summed E-state index contributed by atoms with van der Waals surface area (Å²) in [4.78, 5) is 12.9. The molecule has 3 aromatic rings. The van der Waals surface area contributed by atoms with Gasteiger partial charge in [-0.3, -0.25) is 14.8 Å². The van der Waals surface area contributed by atoms with E-state index in [2.05, 4.69) is 38.2 Å². The molecular weight excluding hydrogens is 566 g/mol. The van der Waals surface area contributed by atoms with Gasteiger partial charge in [0, 0.05) is 15.8 Å². The van der Waals surface area contributed by atoms with Crippen LogP contribution in [0.25, 0.3) is 0 Å². The average molecular weight is 593 g/mol. The van der Waals surface area contributed by atoms with Crippen LogP contribution in [0.15, 0.2) is 76.1 Å². The summed E-state index contributed by atoms with van der Waals surface area (Å²) < 4.78 is 39.4. The Morgan fingerprint density at radius 3 is 2.31 bits per heavy atom. The van der Waals surface area contributed by atoms with E-state index in [4.69, 9.17) is 21.7 Å². The van der Waals surface area contributed by atoms with E-state index in [0.29, 0.717) is 35.0 Å². The second-order valence-electron chi connectivity index (χ2n) is 7.61. The lowest BCUT2D eigenvalue weighted by Gasteiger charge is -2.14. The monoisotopic (exact) mass is 591 g/mol. The van der Waals surface area contributed by atoms with E-state index >= 15 is 0 Å². The number of halogens is 1. The molecule has 190 valence electrons. The van der Waals surface area contributed by atoms with Gasteiger partial charge in [0.2, 0.25) is 0 Å². The molecular formula is C25H26BrN3O5S2. The number of amides is 1. The molecule has 0 aliphatic carbocycles. The Hall–Kier alpha value is -3.15. The molecule has 0 spiro atoms. The Bertz CT molecular complexity index is 1310. The van der Waals surface area contributed by atoms with Crippen molar-refractivity contribution in [2.75, 3.05) is 23.8 Å². The summed E-state index contributed by atoms with van der Waals surface area (Å²) in [7, 11) is -2.26. The molecule has 0 heterocycles. The Morgan fingerprint density at radius 2 is 1.67 bits per heavy atom. The fourth-order valence-electron chi connectivity index (χ4n) is 3.06. The van der Waals surface area contributed by atoms with Crippen molar-refractivity contribution >= 4 is 60.6 Å². The number of thiocarbonyl (C=S) groups is 1. The highest BCUT2D eigenvalue weighted by molar-refractivity contribution is 9.10. The number of ether oxygens (including phenoxy) is 2. The van der Waals surface area contributed by atoms with Crippen molar-refractivity contribution in [3.05, 3.63) is 76.8 Å². The third-order valence-corrected chi connectivity index (χ3v) is 7.03. The fourth-order valence-corrected chi connectivity index (χ4v) is 4.69. The minimum atomic E-state index is -3.79. The van der Waals surface area contributed by atoms with E-state index in [1.807, 2.05) is 0 Å². The average Bonchev–Trinajstić information content (AvgIpc) is 2.85. The van der Waals surface area contributed by atoms with E-state index in [-0.39, 0.29) is 10.0 Å². The lowest BCUT2D eigenvalue weighted by atomic mass is 10.2. The molecule has 3 N–H and O–H groups in total. The topological polar surface area (TPSA) is 106 Å². The van der Waals surface area contributed by atoms with Crippen LogP contribution in [0, 0.1) is 0 Å². The number of carbonyl (C=O) groups is 1. The van der Waals surface area contributed by atoms with E-state index in [0.717, 1.165) is 17.3 Å². The fraction of sp³-hybridized carbons (Fsp3) is 0.200. The first kappa shape index (κ1) is 27.4. The molecule has 0 saturated carbocycles. The number of sulfonamides is 1. The van der Waals surface area contributed by atoms with Crippen molar-refractivity contribution in [1.82, 2.24) is 5.32 Å². The molecule has 0 unspecified atom stereocenters. The van der Waals surface area contributed by atoms with Crippen molar-refractivity contribution in [2.45, 2.75) is 24.7 Å². The highest BCUT2D eigenvalue weighted by Crippen LogP contribution is 2.24. The number of hydrogen-bond donors (Lipinski definition) is 3. The molecule has 3 rings (SSSR count). The summed E-state index contributed by atoms with van der Waals surface area (Å²) in [6, 6.07) is 17.7. The van der Waals surface area contributed by atoms with Gasteiger partial charge in [0.1, 0.15) is 11.5 Å². The SMILES string of the molecule is CCCCOc1ccc(Br)cc1C(=O)NC(=S)Nc1ccc(S(=O)(=O)Nc2ccc(OC)cc2)cc1. The van der Waals surface area contributed by atoms with Gasteiger partial charge in [0.05, 0.1) is 24.2 Å². The van der Waals surface area contributed by atoms with Crippen LogP contribution in [0.5, 0.6) is 11.5 Å². The Balaban J connectivity index is 1.62. The maximum absolute atomic E-state index is 12.8. The van der Waals surface area contributed by atoms with Crippen LogP contribution in [0.1, 0.15) is 30.1 Å². The number of benzene rings is 3. The van der Waals surface area contributed by atoms with Crippen LogP contribution >= 0.6 is 28.1 Å². The maximum atomic E-state index is 12.8. The number of hydrogen-bond acceptors (Lipinski definition) is 6. The molecule has 0 fully saturated rings. The first-order chi connectivity index (χ1) is 17.2. The summed E-state index contributed by atoms with van der Waals surface area (Å²) >= 11 is 8.64. The predicted octanol–water partition coefficient (Wildman–Crippen LogP) is 5.56. The van der Waals surface area contributed by atoms with Gasteiger partial charge in [-0.1, -0.05) is 29.3 Å². The van der Waals surface area contributed by atoms with Gasteiger partial charge in [-0.25, -0.2) is 8.42 Å². The molecule has 3 aromatic carbocycles. The van der Waals surface area contributed by atoms with Crippen LogP contribution < -0.4 is 24.8 Å². The van der Waals surface area contributed by atoms with Crippen molar-refractivity contribution in [2.24, 2.45) is 0 Å². The smallest absolute Gasteiger partial charge is 0.261 e. The van der Waals surface area contributed by atoms with Crippen molar-refractivity contribution in [3.8, 4) is 11.5 Å². The molecule has 8 nitrogen and oxygen atoms in total. The quantitative estimate of drug-likeness (QED) is 0.209. The Kier molecular flexibility index (Phi) is 9.68. The van der Waals surface area contributed by atoms with Gasteiger partial charge in [-0.05, 0) is 85.4 Å². The molecule has 0 bridgehead atoms. The zero-order valence-corrected chi connectivity index (χ0v) is 22.9. The van der Waals surface area contributed by atoms with Crippen molar-refractivity contribution in [3.63, 3.8) is 0 Å². The van der Waals surface area contributed by atoms with Gasteiger partial charge >= 0.3 is 0 Å². The van der Waals surface area contributed by atoms with Crippen LogP contribution in [0.4, 0.5) is 11.4 Å². The normalized spacial score (nSPS) is 10.9. The Labute approximate surface area is 224 Å². The Morgan fingerprint density at radius 1 is 1.00 bits per heavy atom. The summed E-state index contributed by atoms with van der Waals surface area (Å²) in [6.45, 7) is 2.56. The van der Waals surface area contributed by atoms with Gasteiger partial charge in [-0.2, -0.15) is 0 Å². The molecule has 1 amide bonds. The van der Waals surface area contributed by atoms with Gasteiger partial charge < -0.3 is 14.8 Å². The predicted molar refractivity (Wildman–Crippen MR) is 148 cm³/mol. The maximum Gasteiger partial charge on any atom is 0.261 e. The van der Waals surface area contributed by atoms with Crippen molar-refractivity contribution in [1.29, 1.82) is 0 Å². The molecule has 0 atom stereocenters. The summed E-state index contributed by atoms with van der Waals surface area (Å²) in [5.41, 5.74) is 1.26. The zero-order chi connectivity index (χ0) is 26.1. The van der Waals surface area contributed by atoms with E-state index in [1.54, 1.807) is 54.6 Å².